The lowest BCUT2D eigenvalue weighted by Crippen LogP contribution is -2.42. The molecule has 2 heterocycles. The van der Waals surface area contributed by atoms with Crippen LogP contribution in [-0.4, -0.2) is 52.2 Å². The number of nitro groups is 1. The molecule has 24 heavy (non-hydrogen) atoms. The number of nitrogens with zero attached hydrogens (tertiary/aromatic N) is 4. The molecule has 0 aliphatic carbocycles. The normalized spacial score (nSPS) is 17.5. The lowest BCUT2D eigenvalue weighted by atomic mass is 9.98. The van der Waals surface area contributed by atoms with Crippen LogP contribution in [0.4, 0.5) is 5.69 Å². The molecule has 1 aromatic rings. The summed E-state index contributed by atoms with van der Waals surface area (Å²) in [6.45, 7) is 6.19. The fourth-order valence-electron chi connectivity index (χ4n) is 3.28. The molecule has 2 rings (SSSR count). The van der Waals surface area contributed by atoms with E-state index in [1.165, 1.54) is 0 Å². The number of rotatable bonds is 6. The Kier molecular flexibility index (Phi) is 7.62. The van der Waals surface area contributed by atoms with E-state index in [1.807, 2.05) is 11.9 Å². The Morgan fingerprint density at radius 3 is 2.75 bits per heavy atom. The fourth-order valence-corrected chi connectivity index (χ4v) is 3.28. The highest BCUT2D eigenvalue weighted by Crippen LogP contribution is 2.22. The standard InChI is InChI=1S/C15H25N5O3.ClH/c1-11-15(20(22)23)12(2)19(17-11)8-6-14(21)18-7-4-5-13(10-18)9-16-3;/h13,16H,4-10H2,1-3H3;1H. The summed E-state index contributed by atoms with van der Waals surface area (Å²) in [7, 11) is 1.93. The maximum atomic E-state index is 12.4. The van der Waals surface area contributed by atoms with E-state index >= 15 is 0 Å². The summed E-state index contributed by atoms with van der Waals surface area (Å²) in [6.07, 6.45) is 2.50. The summed E-state index contributed by atoms with van der Waals surface area (Å²) in [5, 5.41) is 18.4. The summed E-state index contributed by atoms with van der Waals surface area (Å²) in [5.74, 6) is 0.605. The number of halogens is 1. The highest BCUT2D eigenvalue weighted by Gasteiger charge is 2.25. The predicted molar refractivity (Wildman–Crippen MR) is 93.5 cm³/mol. The molecule has 0 spiro atoms. The average molecular weight is 360 g/mol. The van der Waals surface area contributed by atoms with Gasteiger partial charge in [-0.25, -0.2) is 0 Å². The first-order valence-corrected chi connectivity index (χ1v) is 8.04. The Hall–Kier alpha value is -1.67. The minimum absolute atomic E-state index is 0. The molecule has 1 aromatic heterocycles. The molecule has 1 fully saturated rings. The second kappa shape index (κ2) is 8.98. The van der Waals surface area contributed by atoms with Gasteiger partial charge in [0.05, 0.1) is 11.5 Å². The molecule has 9 heteroatoms. The SMILES string of the molecule is CNCC1CCCN(C(=O)CCn2nc(C)c([N+](=O)[O-])c2C)C1.Cl. The number of amides is 1. The van der Waals surface area contributed by atoms with Gasteiger partial charge in [-0.15, -0.1) is 12.4 Å². The number of piperidine rings is 1. The van der Waals surface area contributed by atoms with Crippen LogP contribution >= 0.6 is 12.4 Å². The summed E-state index contributed by atoms with van der Waals surface area (Å²) in [5.41, 5.74) is 0.948. The largest absolute Gasteiger partial charge is 0.342 e. The van der Waals surface area contributed by atoms with Crippen molar-refractivity contribution in [2.45, 2.75) is 39.7 Å². The molecule has 1 unspecified atom stereocenters. The first-order chi connectivity index (χ1) is 10.9. The van der Waals surface area contributed by atoms with Crippen molar-refractivity contribution in [1.29, 1.82) is 0 Å². The highest BCUT2D eigenvalue weighted by molar-refractivity contribution is 5.85. The number of aryl methyl sites for hydroxylation is 2. The monoisotopic (exact) mass is 359 g/mol. The molecule has 0 bridgehead atoms. The number of carbonyl (C=O) groups is 1. The van der Waals surface area contributed by atoms with Gasteiger partial charge in [0.25, 0.3) is 0 Å². The predicted octanol–water partition coefficient (Wildman–Crippen LogP) is 1.68. The van der Waals surface area contributed by atoms with Crippen LogP contribution in [0, 0.1) is 29.9 Å². The topological polar surface area (TPSA) is 93.3 Å². The molecule has 1 atom stereocenters. The van der Waals surface area contributed by atoms with Gasteiger partial charge in [0, 0.05) is 19.5 Å². The minimum Gasteiger partial charge on any atom is -0.342 e. The Balaban J connectivity index is 0.00000288. The van der Waals surface area contributed by atoms with Crippen LogP contribution in [0.2, 0.25) is 0 Å². The third-order valence-electron chi connectivity index (χ3n) is 4.43. The zero-order valence-electron chi connectivity index (χ0n) is 14.4. The van der Waals surface area contributed by atoms with Gasteiger partial charge in [-0.2, -0.15) is 5.10 Å². The quantitative estimate of drug-likeness (QED) is 0.616. The molecule has 8 nitrogen and oxygen atoms in total. The van der Waals surface area contributed by atoms with Crippen molar-refractivity contribution in [3.63, 3.8) is 0 Å². The van der Waals surface area contributed by atoms with Gasteiger partial charge in [0.15, 0.2) is 0 Å². The molecule has 136 valence electrons. The Morgan fingerprint density at radius 2 is 2.17 bits per heavy atom. The van der Waals surface area contributed by atoms with Gasteiger partial charge in [-0.3, -0.25) is 19.6 Å². The number of aromatic nitrogens is 2. The van der Waals surface area contributed by atoms with Crippen LogP contribution in [0.1, 0.15) is 30.7 Å². The van der Waals surface area contributed by atoms with Crippen LogP contribution in [0.3, 0.4) is 0 Å². The Bertz CT molecular complexity index is 588. The summed E-state index contributed by atoms with van der Waals surface area (Å²) >= 11 is 0. The molecule has 1 amide bonds. The van der Waals surface area contributed by atoms with E-state index in [0.717, 1.165) is 32.5 Å². The van der Waals surface area contributed by atoms with E-state index in [9.17, 15) is 14.9 Å². The first-order valence-electron chi connectivity index (χ1n) is 8.04. The number of likely N-dealkylation sites (tertiary alicyclic amines) is 1. The maximum Gasteiger partial charge on any atom is 0.312 e. The molecule has 0 saturated carbocycles. The third kappa shape index (κ3) is 4.67. The summed E-state index contributed by atoms with van der Waals surface area (Å²) in [4.78, 5) is 24.9. The maximum absolute atomic E-state index is 12.4. The first kappa shape index (κ1) is 20.4. The van der Waals surface area contributed by atoms with Crippen molar-refractivity contribution >= 4 is 24.0 Å². The number of carbonyl (C=O) groups excluding carboxylic acids is 1. The van der Waals surface area contributed by atoms with Crippen molar-refractivity contribution in [3.05, 3.63) is 21.5 Å². The van der Waals surface area contributed by atoms with Crippen molar-refractivity contribution in [2.24, 2.45) is 5.92 Å². The molecule has 1 saturated heterocycles. The van der Waals surface area contributed by atoms with E-state index in [0.29, 0.717) is 30.3 Å². The van der Waals surface area contributed by atoms with E-state index in [4.69, 9.17) is 0 Å². The summed E-state index contributed by atoms with van der Waals surface area (Å²) in [6, 6.07) is 0. The van der Waals surface area contributed by atoms with Crippen molar-refractivity contribution in [1.82, 2.24) is 20.0 Å². The van der Waals surface area contributed by atoms with Gasteiger partial charge >= 0.3 is 5.69 Å². The molecule has 0 aromatic carbocycles. The second-order valence-electron chi connectivity index (χ2n) is 6.16. The van der Waals surface area contributed by atoms with E-state index in [-0.39, 0.29) is 24.0 Å². The van der Waals surface area contributed by atoms with Crippen LogP contribution in [-0.2, 0) is 11.3 Å². The van der Waals surface area contributed by atoms with Gasteiger partial charge < -0.3 is 10.2 Å². The second-order valence-corrected chi connectivity index (χ2v) is 6.16. The Labute approximate surface area is 148 Å². The van der Waals surface area contributed by atoms with Crippen LogP contribution < -0.4 is 5.32 Å². The van der Waals surface area contributed by atoms with Crippen molar-refractivity contribution in [2.75, 3.05) is 26.7 Å². The molecule has 1 N–H and O–H groups in total. The van der Waals surface area contributed by atoms with E-state index < -0.39 is 4.92 Å². The molecule has 0 radical (unpaired) electrons. The summed E-state index contributed by atoms with van der Waals surface area (Å²) < 4.78 is 1.57. The Morgan fingerprint density at radius 1 is 1.46 bits per heavy atom. The average Bonchev–Trinajstić information content (AvgIpc) is 2.79. The smallest absolute Gasteiger partial charge is 0.312 e. The third-order valence-corrected chi connectivity index (χ3v) is 4.43. The lowest BCUT2D eigenvalue weighted by Gasteiger charge is -2.32. The molecular weight excluding hydrogens is 334 g/mol. The zero-order valence-corrected chi connectivity index (χ0v) is 15.3. The number of hydrogen-bond donors (Lipinski definition) is 1. The van der Waals surface area contributed by atoms with E-state index in [1.54, 1.807) is 18.5 Å². The van der Waals surface area contributed by atoms with E-state index in [2.05, 4.69) is 10.4 Å². The van der Waals surface area contributed by atoms with Crippen LogP contribution in [0.25, 0.3) is 0 Å². The van der Waals surface area contributed by atoms with Crippen molar-refractivity contribution in [3.8, 4) is 0 Å². The van der Waals surface area contributed by atoms with Crippen molar-refractivity contribution < 1.29 is 9.72 Å². The molecule has 1 aliphatic rings. The van der Waals surface area contributed by atoms with Gasteiger partial charge in [-0.1, -0.05) is 0 Å². The molecule has 1 aliphatic heterocycles. The van der Waals surface area contributed by atoms with Crippen LogP contribution in [0.15, 0.2) is 0 Å². The number of hydrogen-bond acceptors (Lipinski definition) is 5. The lowest BCUT2D eigenvalue weighted by molar-refractivity contribution is -0.386. The van der Waals surface area contributed by atoms with Gasteiger partial charge in [0.2, 0.25) is 5.91 Å². The fraction of sp³-hybridized carbons (Fsp3) is 0.733. The van der Waals surface area contributed by atoms with Gasteiger partial charge in [0.1, 0.15) is 11.4 Å². The van der Waals surface area contributed by atoms with Gasteiger partial charge in [-0.05, 0) is 46.2 Å². The van der Waals surface area contributed by atoms with Crippen LogP contribution in [0.5, 0.6) is 0 Å². The zero-order chi connectivity index (χ0) is 17.0. The number of nitrogens with one attached hydrogen (secondary N) is 1. The molecular formula is C15H26ClN5O3. The highest BCUT2D eigenvalue weighted by atomic mass is 35.5. The minimum atomic E-state index is -0.414.